The maximum absolute atomic E-state index is 8.50. The van der Waals surface area contributed by atoms with Gasteiger partial charge in [0.1, 0.15) is 0 Å². The number of hydrogen-bond acceptors (Lipinski definition) is 2. The van der Waals surface area contributed by atoms with Crippen molar-refractivity contribution >= 4 is 0 Å². The zero-order valence-electron chi connectivity index (χ0n) is 10.5. The van der Waals surface area contributed by atoms with Crippen LogP contribution in [-0.4, -0.2) is 11.7 Å². The van der Waals surface area contributed by atoms with Gasteiger partial charge in [-0.2, -0.15) is 0 Å². The molecular formula is C15H23O2. The Morgan fingerprint density at radius 2 is 1.65 bits per heavy atom. The van der Waals surface area contributed by atoms with Crippen LogP contribution in [0, 0.1) is 6.61 Å². The Balaban J connectivity index is 1.85. The molecule has 0 fully saturated rings. The van der Waals surface area contributed by atoms with Crippen molar-refractivity contribution in [1.82, 2.24) is 0 Å². The minimum Gasteiger partial charge on any atom is -0.390 e. The minimum absolute atomic E-state index is 0.723. The van der Waals surface area contributed by atoms with Crippen LogP contribution in [0.15, 0.2) is 30.3 Å². The summed E-state index contributed by atoms with van der Waals surface area (Å²) in [5.41, 5.74) is 1.24. The van der Waals surface area contributed by atoms with Crippen LogP contribution < -0.4 is 0 Å². The topological polar surface area (TPSA) is 29.5 Å². The summed E-state index contributed by atoms with van der Waals surface area (Å²) in [7, 11) is 0. The average Bonchev–Trinajstić information content (AvgIpc) is 2.38. The highest BCUT2D eigenvalue weighted by Gasteiger charge is 1.93. The van der Waals surface area contributed by atoms with Crippen molar-refractivity contribution in [3.8, 4) is 0 Å². The summed E-state index contributed by atoms with van der Waals surface area (Å²) in [4.78, 5) is 0. The Morgan fingerprint density at radius 3 is 2.41 bits per heavy atom. The molecular weight excluding hydrogens is 212 g/mol. The molecule has 0 aliphatic rings. The molecule has 95 valence electrons. The van der Waals surface area contributed by atoms with Crippen molar-refractivity contribution in [1.29, 1.82) is 0 Å². The van der Waals surface area contributed by atoms with Crippen molar-refractivity contribution in [2.75, 3.05) is 6.61 Å². The fourth-order valence-corrected chi connectivity index (χ4v) is 1.73. The van der Waals surface area contributed by atoms with E-state index in [1.807, 2.05) is 18.2 Å². The van der Waals surface area contributed by atoms with Crippen molar-refractivity contribution < 1.29 is 9.84 Å². The van der Waals surface area contributed by atoms with Gasteiger partial charge in [-0.25, -0.2) is 0 Å². The van der Waals surface area contributed by atoms with Crippen LogP contribution in [0.5, 0.6) is 0 Å². The Kier molecular flexibility index (Phi) is 8.61. The summed E-state index contributed by atoms with van der Waals surface area (Å²) in [5.74, 6) is 0. The van der Waals surface area contributed by atoms with Crippen LogP contribution >= 0.6 is 0 Å². The molecule has 1 rings (SSSR count). The van der Waals surface area contributed by atoms with Crippen LogP contribution in [0.3, 0.4) is 0 Å². The van der Waals surface area contributed by atoms with Gasteiger partial charge < -0.3 is 9.84 Å². The zero-order valence-corrected chi connectivity index (χ0v) is 10.5. The van der Waals surface area contributed by atoms with E-state index in [9.17, 15) is 0 Å². The molecule has 2 nitrogen and oxygen atoms in total. The zero-order chi connectivity index (χ0) is 12.2. The highest BCUT2D eigenvalue weighted by Crippen LogP contribution is 2.07. The fourth-order valence-electron chi connectivity index (χ4n) is 1.73. The number of ether oxygens (including phenoxy) is 1. The SMILES string of the molecule is O[CH]CCCCCCCOCc1ccccc1. The van der Waals surface area contributed by atoms with Crippen molar-refractivity contribution in [3.05, 3.63) is 42.5 Å². The Morgan fingerprint density at radius 1 is 0.941 bits per heavy atom. The van der Waals surface area contributed by atoms with E-state index < -0.39 is 0 Å². The van der Waals surface area contributed by atoms with Crippen molar-refractivity contribution in [2.45, 2.75) is 45.1 Å². The number of aliphatic hydroxyl groups excluding tert-OH is 1. The molecule has 1 aromatic rings. The lowest BCUT2D eigenvalue weighted by atomic mass is 10.1. The molecule has 0 amide bonds. The molecule has 0 saturated heterocycles. The van der Waals surface area contributed by atoms with Gasteiger partial charge in [-0.1, -0.05) is 56.0 Å². The standard InChI is InChI=1S/C15H23O2/c16-12-8-3-1-2-4-9-13-17-14-15-10-6-5-7-11-15/h5-7,10-12,16H,1-4,8-9,13-14H2. The van der Waals surface area contributed by atoms with Gasteiger partial charge in [0.2, 0.25) is 0 Å². The lowest BCUT2D eigenvalue weighted by molar-refractivity contribution is 0.116. The first-order valence-electron chi connectivity index (χ1n) is 6.51. The van der Waals surface area contributed by atoms with Gasteiger partial charge in [0.15, 0.2) is 0 Å². The molecule has 0 heterocycles. The van der Waals surface area contributed by atoms with Gasteiger partial charge in [-0.3, -0.25) is 0 Å². The molecule has 1 radical (unpaired) electrons. The van der Waals surface area contributed by atoms with Crippen molar-refractivity contribution in [3.63, 3.8) is 0 Å². The molecule has 2 heteroatoms. The van der Waals surface area contributed by atoms with Crippen LogP contribution in [-0.2, 0) is 11.3 Å². The van der Waals surface area contributed by atoms with E-state index in [1.165, 1.54) is 31.4 Å². The van der Waals surface area contributed by atoms with E-state index in [4.69, 9.17) is 9.84 Å². The molecule has 1 aromatic carbocycles. The Hall–Kier alpha value is -0.860. The third kappa shape index (κ3) is 7.94. The first kappa shape index (κ1) is 14.2. The normalized spacial score (nSPS) is 10.6. The van der Waals surface area contributed by atoms with Gasteiger partial charge in [0, 0.05) is 6.61 Å². The lowest BCUT2D eigenvalue weighted by Crippen LogP contribution is -1.95. The number of benzene rings is 1. The maximum atomic E-state index is 8.50. The lowest BCUT2D eigenvalue weighted by Gasteiger charge is -2.04. The molecule has 0 spiro atoms. The maximum Gasteiger partial charge on any atom is 0.0799 e. The van der Waals surface area contributed by atoms with Gasteiger partial charge in [-0.05, 0) is 18.4 Å². The Labute approximate surface area is 105 Å². The van der Waals surface area contributed by atoms with Crippen LogP contribution in [0.2, 0.25) is 0 Å². The minimum atomic E-state index is 0.723. The molecule has 0 aromatic heterocycles. The van der Waals surface area contributed by atoms with Crippen molar-refractivity contribution in [2.24, 2.45) is 0 Å². The number of aliphatic hydroxyl groups is 1. The second-order valence-corrected chi connectivity index (χ2v) is 4.28. The summed E-state index contributed by atoms with van der Waals surface area (Å²) < 4.78 is 5.60. The summed E-state index contributed by atoms with van der Waals surface area (Å²) in [6.07, 6.45) is 6.72. The largest absolute Gasteiger partial charge is 0.390 e. The third-order valence-electron chi connectivity index (χ3n) is 2.73. The van der Waals surface area contributed by atoms with Crippen LogP contribution in [0.25, 0.3) is 0 Å². The van der Waals surface area contributed by atoms with Crippen LogP contribution in [0.1, 0.15) is 44.1 Å². The first-order chi connectivity index (χ1) is 8.43. The van der Waals surface area contributed by atoms with E-state index in [0.717, 1.165) is 32.5 Å². The summed E-state index contributed by atoms with van der Waals surface area (Å²) in [5, 5.41) is 8.50. The summed E-state index contributed by atoms with van der Waals surface area (Å²) in [6, 6.07) is 10.3. The van der Waals surface area contributed by atoms with E-state index in [0.29, 0.717) is 0 Å². The van der Waals surface area contributed by atoms with E-state index in [2.05, 4.69) is 12.1 Å². The van der Waals surface area contributed by atoms with E-state index in [-0.39, 0.29) is 0 Å². The quantitative estimate of drug-likeness (QED) is 0.619. The number of unbranched alkanes of at least 4 members (excludes halogenated alkanes) is 5. The second-order valence-electron chi connectivity index (χ2n) is 4.28. The number of hydrogen-bond donors (Lipinski definition) is 1. The molecule has 0 aliphatic carbocycles. The molecule has 0 saturated carbocycles. The Bertz CT molecular complexity index is 259. The predicted molar refractivity (Wildman–Crippen MR) is 70.0 cm³/mol. The van der Waals surface area contributed by atoms with Gasteiger partial charge >= 0.3 is 0 Å². The fraction of sp³-hybridized carbons (Fsp3) is 0.533. The van der Waals surface area contributed by atoms with E-state index in [1.54, 1.807) is 0 Å². The molecule has 17 heavy (non-hydrogen) atoms. The van der Waals surface area contributed by atoms with Gasteiger partial charge in [0.25, 0.3) is 0 Å². The van der Waals surface area contributed by atoms with Gasteiger partial charge in [0.05, 0.1) is 13.2 Å². The third-order valence-corrected chi connectivity index (χ3v) is 2.73. The highest BCUT2D eigenvalue weighted by atomic mass is 16.5. The van der Waals surface area contributed by atoms with Crippen LogP contribution in [0.4, 0.5) is 0 Å². The molecule has 0 aliphatic heterocycles. The molecule has 1 N–H and O–H groups in total. The second kappa shape index (κ2) is 10.3. The monoisotopic (exact) mass is 235 g/mol. The summed E-state index contributed by atoms with van der Waals surface area (Å²) >= 11 is 0. The summed E-state index contributed by atoms with van der Waals surface area (Å²) in [6.45, 7) is 2.82. The predicted octanol–water partition coefficient (Wildman–Crippen LogP) is 4.08. The molecule has 0 atom stereocenters. The smallest absolute Gasteiger partial charge is 0.0799 e. The molecule has 0 unspecified atom stereocenters. The van der Waals surface area contributed by atoms with E-state index >= 15 is 0 Å². The highest BCUT2D eigenvalue weighted by molar-refractivity contribution is 5.13. The average molecular weight is 235 g/mol. The first-order valence-corrected chi connectivity index (χ1v) is 6.51. The molecule has 0 bridgehead atoms. The van der Waals surface area contributed by atoms with Gasteiger partial charge in [-0.15, -0.1) is 0 Å². The number of rotatable bonds is 10.